The molecule has 0 heterocycles. The topological polar surface area (TPSA) is 110 Å². The van der Waals surface area contributed by atoms with Crippen LogP contribution in [0.1, 0.15) is 303 Å². The molecule has 0 aromatic carbocycles. The molecule has 65 heavy (non-hydrogen) atoms. The van der Waals surface area contributed by atoms with Crippen LogP contribution in [0.15, 0.2) is 36.5 Å². The standard InChI is InChI=1S/C59H113NO5/c1-3-5-7-9-11-13-15-17-19-21-23-25-27-28-29-30-31-33-34-36-38-40-42-44-46-48-50-52-56(62)58(64)55(54-61)60-59(65)57(63)53-51-49-47-45-43-41-39-37-35-32-26-24-22-20-18-16-14-12-10-8-6-4-2/h35-38,44,46,55-58,61-64H,3-34,39-43,45,47-54H2,1-2H3,(H,60,65)/b37-35-,38-36+,46-44+. The van der Waals surface area contributed by atoms with Gasteiger partial charge in [0, 0.05) is 0 Å². The van der Waals surface area contributed by atoms with E-state index in [0.717, 1.165) is 44.9 Å². The SMILES string of the molecule is CCCCCCCCCCCCCC/C=C\CCCCCCCCC(O)C(=O)NC(CO)C(O)C(O)CCC/C=C/CC/C=C/CCCCCCCCCCCCCCCCCCCC. The van der Waals surface area contributed by atoms with Crippen LogP contribution in [0.4, 0.5) is 0 Å². The van der Waals surface area contributed by atoms with Crippen LogP contribution in [-0.4, -0.2) is 57.3 Å². The fourth-order valence-electron chi connectivity index (χ4n) is 9.01. The van der Waals surface area contributed by atoms with Crippen LogP contribution < -0.4 is 5.32 Å². The minimum atomic E-state index is -1.29. The van der Waals surface area contributed by atoms with Crippen molar-refractivity contribution in [3.05, 3.63) is 36.5 Å². The summed E-state index contributed by atoms with van der Waals surface area (Å²) in [4.78, 5) is 12.6. The second-order valence-electron chi connectivity index (χ2n) is 20.0. The van der Waals surface area contributed by atoms with Gasteiger partial charge in [0.15, 0.2) is 0 Å². The van der Waals surface area contributed by atoms with Gasteiger partial charge in [0.2, 0.25) is 5.91 Å². The summed E-state index contributed by atoms with van der Waals surface area (Å²) in [5, 5.41) is 44.0. The Hall–Kier alpha value is -1.47. The second-order valence-corrected chi connectivity index (χ2v) is 20.0. The Balaban J connectivity index is 3.69. The summed E-state index contributed by atoms with van der Waals surface area (Å²) < 4.78 is 0. The van der Waals surface area contributed by atoms with E-state index in [-0.39, 0.29) is 0 Å². The van der Waals surface area contributed by atoms with Gasteiger partial charge in [0.25, 0.3) is 0 Å². The third-order valence-electron chi connectivity index (χ3n) is 13.6. The van der Waals surface area contributed by atoms with E-state index >= 15 is 0 Å². The highest BCUT2D eigenvalue weighted by Gasteiger charge is 2.28. The molecule has 0 saturated heterocycles. The first kappa shape index (κ1) is 63.5. The Morgan fingerprint density at radius 3 is 0.969 bits per heavy atom. The van der Waals surface area contributed by atoms with Crippen molar-refractivity contribution in [1.82, 2.24) is 5.32 Å². The molecule has 0 aliphatic rings. The van der Waals surface area contributed by atoms with Gasteiger partial charge in [-0.3, -0.25) is 4.79 Å². The van der Waals surface area contributed by atoms with Gasteiger partial charge in [-0.15, -0.1) is 0 Å². The van der Waals surface area contributed by atoms with Crippen molar-refractivity contribution in [2.45, 2.75) is 327 Å². The maximum absolute atomic E-state index is 12.6. The minimum absolute atomic E-state index is 0.353. The molecule has 4 unspecified atom stereocenters. The minimum Gasteiger partial charge on any atom is -0.394 e. The molecule has 0 saturated carbocycles. The molecule has 0 aliphatic heterocycles. The number of hydrogen-bond acceptors (Lipinski definition) is 5. The van der Waals surface area contributed by atoms with Crippen molar-refractivity contribution in [3.8, 4) is 0 Å². The molecule has 0 fully saturated rings. The lowest BCUT2D eigenvalue weighted by Crippen LogP contribution is -2.53. The van der Waals surface area contributed by atoms with E-state index in [4.69, 9.17) is 0 Å². The summed E-state index contributed by atoms with van der Waals surface area (Å²) in [5.74, 6) is -0.599. The zero-order chi connectivity index (χ0) is 47.4. The Labute approximate surface area is 405 Å². The monoisotopic (exact) mass is 916 g/mol. The Bertz CT molecular complexity index is 1030. The van der Waals surface area contributed by atoms with Crippen molar-refractivity contribution in [3.63, 3.8) is 0 Å². The zero-order valence-corrected chi connectivity index (χ0v) is 43.5. The van der Waals surface area contributed by atoms with E-state index in [0.29, 0.717) is 19.3 Å². The Kier molecular flexibility index (Phi) is 52.3. The van der Waals surface area contributed by atoms with E-state index in [2.05, 4.69) is 55.6 Å². The zero-order valence-electron chi connectivity index (χ0n) is 43.5. The molecular formula is C59H113NO5. The molecule has 0 aromatic heterocycles. The summed E-state index contributed by atoms with van der Waals surface area (Å²) in [6, 6.07) is -1.01. The molecule has 4 atom stereocenters. The summed E-state index contributed by atoms with van der Waals surface area (Å²) in [5.41, 5.74) is 0. The first-order chi connectivity index (χ1) is 32.0. The fraction of sp³-hybridized carbons (Fsp3) is 0.881. The number of amides is 1. The first-order valence-corrected chi connectivity index (χ1v) is 28.9. The quantitative estimate of drug-likeness (QED) is 0.0308. The van der Waals surface area contributed by atoms with Crippen LogP contribution in [0.25, 0.3) is 0 Å². The van der Waals surface area contributed by atoms with Gasteiger partial charge in [0.1, 0.15) is 12.2 Å². The van der Waals surface area contributed by atoms with Crippen molar-refractivity contribution >= 4 is 5.91 Å². The first-order valence-electron chi connectivity index (χ1n) is 28.9. The average Bonchev–Trinajstić information content (AvgIpc) is 3.31. The highest BCUT2D eigenvalue weighted by atomic mass is 16.3. The highest BCUT2D eigenvalue weighted by molar-refractivity contribution is 5.80. The highest BCUT2D eigenvalue weighted by Crippen LogP contribution is 2.17. The van der Waals surface area contributed by atoms with Gasteiger partial charge < -0.3 is 25.7 Å². The van der Waals surface area contributed by atoms with E-state index in [1.807, 2.05) is 0 Å². The molecule has 1 amide bonds. The fourth-order valence-corrected chi connectivity index (χ4v) is 9.01. The predicted octanol–water partition coefficient (Wildman–Crippen LogP) is 16.8. The van der Waals surface area contributed by atoms with Crippen molar-refractivity contribution < 1.29 is 25.2 Å². The molecular weight excluding hydrogens is 803 g/mol. The summed E-state index contributed by atoms with van der Waals surface area (Å²) in [7, 11) is 0. The average molecular weight is 917 g/mol. The maximum Gasteiger partial charge on any atom is 0.249 e. The van der Waals surface area contributed by atoms with E-state index in [1.54, 1.807) is 0 Å². The molecule has 0 radical (unpaired) electrons. The third kappa shape index (κ3) is 47.4. The number of aliphatic hydroxyl groups excluding tert-OH is 4. The lowest BCUT2D eigenvalue weighted by molar-refractivity contribution is -0.132. The molecule has 0 bridgehead atoms. The lowest BCUT2D eigenvalue weighted by atomic mass is 10.00. The van der Waals surface area contributed by atoms with Crippen molar-refractivity contribution in [2.24, 2.45) is 0 Å². The van der Waals surface area contributed by atoms with Crippen molar-refractivity contribution in [1.29, 1.82) is 0 Å². The molecule has 0 aliphatic carbocycles. The van der Waals surface area contributed by atoms with E-state index in [9.17, 15) is 25.2 Å². The summed E-state index contributed by atoms with van der Waals surface area (Å²) in [6.07, 6.45) is 66.5. The normalized spacial score (nSPS) is 14.0. The third-order valence-corrected chi connectivity index (χ3v) is 13.6. The van der Waals surface area contributed by atoms with E-state index < -0.39 is 36.9 Å². The summed E-state index contributed by atoms with van der Waals surface area (Å²) >= 11 is 0. The van der Waals surface area contributed by atoms with Crippen LogP contribution in [0.2, 0.25) is 0 Å². The molecule has 6 nitrogen and oxygen atoms in total. The number of allylic oxidation sites excluding steroid dienone is 6. The molecule has 6 heteroatoms. The number of aliphatic hydroxyl groups is 4. The van der Waals surface area contributed by atoms with Crippen LogP contribution in [0.3, 0.4) is 0 Å². The number of rotatable bonds is 53. The van der Waals surface area contributed by atoms with E-state index in [1.165, 1.54) is 225 Å². The van der Waals surface area contributed by atoms with Gasteiger partial charge >= 0.3 is 0 Å². The molecule has 0 rings (SSSR count). The molecule has 5 N–H and O–H groups in total. The maximum atomic E-state index is 12.6. The number of unbranched alkanes of at least 4 members (excludes halogenated alkanes) is 38. The van der Waals surface area contributed by atoms with Gasteiger partial charge in [-0.1, -0.05) is 262 Å². The predicted molar refractivity (Wildman–Crippen MR) is 284 cm³/mol. The van der Waals surface area contributed by atoms with Crippen LogP contribution in [0, 0.1) is 0 Å². The summed E-state index contributed by atoms with van der Waals surface area (Å²) in [6.45, 7) is 4.07. The van der Waals surface area contributed by atoms with Crippen LogP contribution in [-0.2, 0) is 4.79 Å². The largest absolute Gasteiger partial charge is 0.394 e. The molecule has 0 spiro atoms. The molecule has 384 valence electrons. The smallest absolute Gasteiger partial charge is 0.249 e. The Morgan fingerprint density at radius 1 is 0.369 bits per heavy atom. The number of hydrogen-bond donors (Lipinski definition) is 5. The van der Waals surface area contributed by atoms with Gasteiger partial charge in [-0.05, 0) is 77.0 Å². The van der Waals surface area contributed by atoms with Crippen LogP contribution in [0.5, 0.6) is 0 Å². The number of carbonyl (C=O) groups is 1. The van der Waals surface area contributed by atoms with Gasteiger partial charge in [0.05, 0.1) is 18.8 Å². The number of nitrogens with one attached hydrogen (secondary N) is 1. The van der Waals surface area contributed by atoms with Crippen molar-refractivity contribution in [2.75, 3.05) is 6.61 Å². The molecule has 0 aromatic rings. The van der Waals surface area contributed by atoms with Gasteiger partial charge in [-0.2, -0.15) is 0 Å². The number of carbonyl (C=O) groups excluding carboxylic acids is 1. The van der Waals surface area contributed by atoms with Crippen LogP contribution >= 0.6 is 0 Å². The second kappa shape index (κ2) is 53.5. The lowest BCUT2D eigenvalue weighted by Gasteiger charge is -2.27. The van der Waals surface area contributed by atoms with Gasteiger partial charge in [-0.25, -0.2) is 0 Å². The Morgan fingerprint density at radius 2 is 0.646 bits per heavy atom.